The minimum atomic E-state index is 0.542. The zero-order chi connectivity index (χ0) is 13.2. The van der Waals surface area contributed by atoms with Crippen LogP contribution in [-0.4, -0.2) is 13.7 Å². The predicted octanol–water partition coefficient (Wildman–Crippen LogP) is 3.76. The molecule has 0 radical (unpaired) electrons. The van der Waals surface area contributed by atoms with Crippen molar-refractivity contribution in [3.05, 3.63) is 59.2 Å². The zero-order valence-corrected chi connectivity index (χ0v) is 11.4. The second-order valence-electron chi connectivity index (χ2n) is 5.16. The first-order valence-corrected chi connectivity index (χ1v) is 6.74. The van der Waals surface area contributed by atoms with Crippen molar-refractivity contribution in [2.24, 2.45) is 0 Å². The van der Waals surface area contributed by atoms with Crippen LogP contribution in [0.4, 0.5) is 5.69 Å². The van der Waals surface area contributed by atoms with Crippen molar-refractivity contribution in [2.45, 2.75) is 19.3 Å². The topological polar surface area (TPSA) is 21.3 Å². The minimum Gasteiger partial charge on any atom is -0.497 e. The van der Waals surface area contributed by atoms with E-state index in [-0.39, 0.29) is 0 Å². The second-order valence-corrected chi connectivity index (χ2v) is 5.16. The van der Waals surface area contributed by atoms with Crippen LogP contribution >= 0.6 is 0 Å². The highest BCUT2D eigenvalue weighted by atomic mass is 16.5. The maximum atomic E-state index is 5.28. The van der Waals surface area contributed by atoms with Gasteiger partial charge in [0.05, 0.1) is 7.11 Å². The lowest BCUT2D eigenvalue weighted by molar-refractivity contribution is 0.414. The number of para-hydroxylation sites is 1. The molecule has 2 nitrogen and oxygen atoms in total. The molecule has 0 saturated heterocycles. The van der Waals surface area contributed by atoms with Crippen LogP contribution in [-0.2, 0) is 6.42 Å². The number of ether oxygens (including phenoxy) is 1. The highest BCUT2D eigenvalue weighted by Gasteiger charge is 2.20. The molecule has 2 aromatic carbocycles. The second kappa shape index (κ2) is 4.96. The van der Waals surface area contributed by atoms with E-state index < -0.39 is 0 Å². The molecule has 1 heterocycles. The Hall–Kier alpha value is -1.96. The maximum Gasteiger partial charge on any atom is 0.119 e. The Morgan fingerprint density at radius 3 is 2.79 bits per heavy atom. The van der Waals surface area contributed by atoms with Gasteiger partial charge in [0, 0.05) is 18.2 Å². The summed E-state index contributed by atoms with van der Waals surface area (Å²) >= 11 is 0. The van der Waals surface area contributed by atoms with E-state index >= 15 is 0 Å². The van der Waals surface area contributed by atoms with Crippen LogP contribution in [0.5, 0.6) is 5.75 Å². The van der Waals surface area contributed by atoms with Gasteiger partial charge in [0.25, 0.3) is 0 Å². The summed E-state index contributed by atoms with van der Waals surface area (Å²) in [6, 6.07) is 15.0. The van der Waals surface area contributed by atoms with Crippen molar-refractivity contribution in [3.63, 3.8) is 0 Å². The average molecular weight is 253 g/mol. The first-order chi connectivity index (χ1) is 9.28. The molecule has 0 amide bonds. The molecule has 0 aromatic heterocycles. The standard InChI is InChI=1S/C17H19NO/c1-12-9-15(19-2)7-8-16(12)14-10-13-5-3-4-6-17(13)18-11-14/h3-9,14,18H,10-11H2,1-2H3. The lowest BCUT2D eigenvalue weighted by atomic mass is 9.86. The Morgan fingerprint density at radius 2 is 2.00 bits per heavy atom. The molecule has 98 valence electrons. The zero-order valence-electron chi connectivity index (χ0n) is 11.4. The van der Waals surface area contributed by atoms with E-state index in [1.54, 1.807) is 7.11 Å². The van der Waals surface area contributed by atoms with Crippen molar-refractivity contribution in [2.75, 3.05) is 19.0 Å². The fourth-order valence-electron chi connectivity index (χ4n) is 2.89. The lowest BCUT2D eigenvalue weighted by Gasteiger charge is -2.27. The summed E-state index contributed by atoms with van der Waals surface area (Å²) in [5.41, 5.74) is 5.42. The monoisotopic (exact) mass is 253 g/mol. The van der Waals surface area contributed by atoms with Gasteiger partial charge in [-0.15, -0.1) is 0 Å². The van der Waals surface area contributed by atoms with Gasteiger partial charge in [0.15, 0.2) is 0 Å². The Labute approximate surface area is 114 Å². The number of hydrogen-bond donors (Lipinski definition) is 1. The molecule has 0 bridgehead atoms. The Bertz CT molecular complexity index is 592. The van der Waals surface area contributed by atoms with Crippen LogP contribution in [0, 0.1) is 6.92 Å². The highest BCUT2D eigenvalue weighted by Crippen LogP contribution is 2.32. The summed E-state index contributed by atoms with van der Waals surface area (Å²) in [5.74, 6) is 1.48. The summed E-state index contributed by atoms with van der Waals surface area (Å²) < 4.78 is 5.28. The molecular formula is C17H19NO. The Kier molecular flexibility index (Phi) is 3.16. The first-order valence-electron chi connectivity index (χ1n) is 6.74. The minimum absolute atomic E-state index is 0.542. The SMILES string of the molecule is COc1ccc(C2CNc3ccccc3C2)c(C)c1. The number of nitrogens with one attached hydrogen (secondary N) is 1. The molecule has 1 atom stereocenters. The van der Waals surface area contributed by atoms with Gasteiger partial charge in [0.2, 0.25) is 0 Å². The van der Waals surface area contributed by atoms with Gasteiger partial charge in [-0.05, 0) is 48.2 Å². The number of rotatable bonds is 2. The molecule has 1 aliphatic rings. The number of hydrogen-bond acceptors (Lipinski definition) is 2. The van der Waals surface area contributed by atoms with Crippen molar-refractivity contribution >= 4 is 5.69 Å². The van der Waals surface area contributed by atoms with Crippen molar-refractivity contribution in [1.82, 2.24) is 0 Å². The average Bonchev–Trinajstić information content (AvgIpc) is 2.46. The molecule has 1 aliphatic heterocycles. The Balaban J connectivity index is 1.89. The fourth-order valence-corrected chi connectivity index (χ4v) is 2.89. The molecule has 1 unspecified atom stereocenters. The van der Waals surface area contributed by atoms with Gasteiger partial charge in [-0.25, -0.2) is 0 Å². The number of anilines is 1. The van der Waals surface area contributed by atoms with Crippen LogP contribution < -0.4 is 10.1 Å². The van der Waals surface area contributed by atoms with Gasteiger partial charge < -0.3 is 10.1 Å². The van der Waals surface area contributed by atoms with E-state index in [0.29, 0.717) is 5.92 Å². The molecule has 2 aromatic rings. The van der Waals surface area contributed by atoms with E-state index in [4.69, 9.17) is 4.74 Å². The fraction of sp³-hybridized carbons (Fsp3) is 0.294. The molecule has 0 aliphatic carbocycles. The molecule has 19 heavy (non-hydrogen) atoms. The molecule has 0 fully saturated rings. The van der Waals surface area contributed by atoms with Crippen LogP contribution in [0.3, 0.4) is 0 Å². The van der Waals surface area contributed by atoms with Crippen LogP contribution in [0.25, 0.3) is 0 Å². The molecule has 3 rings (SSSR count). The van der Waals surface area contributed by atoms with Gasteiger partial charge in [-0.2, -0.15) is 0 Å². The Morgan fingerprint density at radius 1 is 1.16 bits per heavy atom. The van der Waals surface area contributed by atoms with E-state index in [1.807, 2.05) is 0 Å². The van der Waals surface area contributed by atoms with Crippen molar-refractivity contribution < 1.29 is 4.74 Å². The number of methoxy groups -OCH3 is 1. The summed E-state index contributed by atoms with van der Waals surface area (Å²) in [4.78, 5) is 0. The number of aryl methyl sites for hydroxylation is 1. The number of benzene rings is 2. The maximum absolute atomic E-state index is 5.28. The summed E-state index contributed by atoms with van der Waals surface area (Å²) in [6.45, 7) is 3.17. The largest absolute Gasteiger partial charge is 0.497 e. The predicted molar refractivity (Wildman–Crippen MR) is 79.1 cm³/mol. The van der Waals surface area contributed by atoms with Gasteiger partial charge in [-0.3, -0.25) is 0 Å². The van der Waals surface area contributed by atoms with Crippen LogP contribution in [0.1, 0.15) is 22.6 Å². The summed E-state index contributed by atoms with van der Waals surface area (Å²) in [6.07, 6.45) is 1.11. The van der Waals surface area contributed by atoms with E-state index in [9.17, 15) is 0 Å². The lowest BCUT2D eigenvalue weighted by Crippen LogP contribution is -2.22. The molecule has 0 spiro atoms. The highest BCUT2D eigenvalue weighted by molar-refractivity contribution is 5.55. The number of fused-ring (bicyclic) bond motifs is 1. The first kappa shape index (κ1) is 12.1. The van der Waals surface area contributed by atoms with Crippen molar-refractivity contribution in [3.8, 4) is 5.75 Å². The van der Waals surface area contributed by atoms with Crippen LogP contribution in [0.15, 0.2) is 42.5 Å². The molecule has 2 heteroatoms. The summed E-state index contributed by atoms with van der Waals surface area (Å²) in [7, 11) is 1.72. The van der Waals surface area contributed by atoms with Gasteiger partial charge >= 0.3 is 0 Å². The molecular weight excluding hydrogens is 234 g/mol. The quantitative estimate of drug-likeness (QED) is 0.880. The van der Waals surface area contributed by atoms with E-state index in [2.05, 4.69) is 54.7 Å². The van der Waals surface area contributed by atoms with Gasteiger partial charge in [0.1, 0.15) is 5.75 Å². The smallest absolute Gasteiger partial charge is 0.119 e. The third-order valence-corrected chi connectivity index (χ3v) is 3.94. The van der Waals surface area contributed by atoms with Crippen LogP contribution in [0.2, 0.25) is 0 Å². The molecule has 1 N–H and O–H groups in total. The van der Waals surface area contributed by atoms with Crippen molar-refractivity contribution in [1.29, 1.82) is 0 Å². The summed E-state index contributed by atoms with van der Waals surface area (Å²) in [5, 5.41) is 3.54. The van der Waals surface area contributed by atoms with E-state index in [1.165, 1.54) is 22.4 Å². The van der Waals surface area contributed by atoms with Gasteiger partial charge in [-0.1, -0.05) is 24.3 Å². The molecule has 0 saturated carbocycles. The normalized spacial score (nSPS) is 17.5. The third-order valence-electron chi connectivity index (χ3n) is 3.94. The third kappa shape index (κ3) is 2.30. The van der Waals surface area contributed by atoms with E-state index in [0.717, 1.165) is 18.7 Å².